The molecule has 32 heavy (non-hydrogen) atoms. The number of carbonyl (C=O) groups is 1. The van der Waals surface area contributed by atoms with Crippen LogP contribution in [0.15, 0.2) is 61.4 Å². The molecule has 0 saturated carbocycles. The molecule has 6 nitrogen and oxygen atoms in total. The minimum Gasteiger partial charge on any atom is -0.365 e. The van der Waals surface area contributed by atoms with E-state index in [1.165, 1.54) is 18.5 Å². The first-order chi connectivity index (χ1) is 15.5. The molecule has 0 fully saturated rings. The van der Waals surface area contributed by atoms with Gasteiger partial charge in [-0.3, -0.25) is 4.79 Å². The predicted molar refractivity (Wildman–Crippen MR) is 120 cm³/mol. The highest BCUT2D eigenvalue weighted by Gasteiger charge is 2.27. The van der Waals surface area contributed by atoms with Crippen molar-refractivity contribution in [1.82, 2.24) is 14.5 Å². The number of rotatable bonds is 4. The zero-order chi connectivity index (χ0) is 22.4. The van der Waals surface area contributed by atoms with E-state index >= 15 is 0 Å². The third-order valence-corrected chi connectivity index (χ3v) is 5.68. The molecule has 5 rings (SSSR count). The van der Waals surface area contributed by atoms with Gasteiger partial charge in [-0.25, -0.2) is 18.7 Å². The van der Waals surface area contributed by atoms with E-state index in [9.17, 15) is 13.6 Å². The Morgan fingerprint density at radius 3 is 2.72 bits per heavy atom. The Labute approximate surface area is 182 Å². The van der Waals surface area contributed by atoms with E-state index in [2.05, 4.69) is 27.2 Å². The molecule has 0 aliphatic carbocycles. The highest BCUT2D eigenvalue weighted by molar-refractivity contribution is 6.09. The van der Waals surface area contributed by atoms with Gasteiger partial charge in [-0.05, 0) is 41.0 Å². The smallest absolute Gasteiger partial charge is 0.263 e. The van der Waals surface area contributed by atoms with Gasteiger partial charge in [0.05, 0.1) is 11.1 Å². The SMILES string of the molecule is C=CC(=O)Nc1ccc(-c2c3c4c(ncnc4n2C)NCc2cc(C(F)F)ccc2-3)cc1. The molecular formula is C24H19F2N5O. The topological polar surface area (TPSA) is 71.8 Å². The number of hydrogen-bond acceptors (Lipinski definition) is 4. The molecule has 1 amide bonds. The number of nitrogens with one attached hydrogen (secondary N) is 2. The highest BCUT2D eigenvalue weighted by atomic mass is 19.3. The average molecular weight is 431 g/mol. The van der Waals surface area contributed by atoms with Gasteiger partial charge in [0.25, 0.3) is 6.43 Å². The van der Waals surface area contributed by atoms with Crippen molar-refractivity contribution in [3.05, 3.63) is 72.6 Å². The van der Waals surface area contributed by atoms with E-state index < -0.39 is 6.43 Å². The monoisotopic (exact) mass is 431 g/mol. The van der Waals surface area contributed by atoms with Gasteiger partial charge in [0, 0.05) is 30.4 Å². The summed E-state index contributed by atoms with van der Waals surface area (Å²) in [5.74, 6) is 0.375. The Hall–Kier alpha value is -4.07. The third-order valence-electron chi connectivity index (χ3n) is 5.68. The first-order valence-corrected chi connectivity index (χ1v) is 10.0. The highest BCUT2D eigenvalue weighted by Crippen LogP contribution is 2.45. The molecule has 2 N–H and O–H groups in total. The molecule has 0 unspecified atom stereocenters. The van der Waals surface area contributed by atoms with Crippen LogP contribution in [-0.4, -0.2) is 20.4 Å². The number of carbonyl (C=O) groups excluding carboxylic acids is 1. The second-order valence-corrected chi connectivity index (χ2v) is 7.55. The molecule has 3 heterocycles. The van der Waals surface area contributed by atoms with Crippen LogP contribution in [0.2, 0.25) is 0 Å². The number of aromatic nitrogens is 3. The maximum Gasteiger partial charge on any atom is 0.263 e. The van der Waals surface area contributed by atoms with Crippen LogP contribution in [0.25, 0.3) is 33.4 Å². The summed E-state index contributed by atoms with van der Waals surface area (Å²) in [4.78, 5) is 20.5. The summed E-state index contributed by atoms with van der Waals surface area (Å²) in [6.45, 7) is 3.84. The van der Waals surface area contributed by atoms with Crippen molar-refractivity contribution in [3.8, 4) is 22.4 Å². The number of anilines is 2. The second kappa shape index (κ2) is 7.56. The molecule has 8 heteroatoms. The molecule has 0 saturated heterocycles. The fourth-order valence-corrected chi connectivity index (χ4v) is 4.21. The zero-order valence-electron chi connectivity index (χ0n) is 17.2. The van der Waals surface area contributed by atoms with Gasteiger partial charge in [0.1, 0.15) is 17.8 Å². The van der Waals surface area contributed by atoms with Crippen molar-refractivity contribution in [2.45, 2.75) is 13.0 Å². The van der Waals surface area contributed by atoms with Crippen LogP contribution >= 0.6 is 0 Å². The van der Waals surface area contributed by atoms with Crippen LogP contribution in [0.1, 0.15) is 17.6 Å². The van der Waals surface area contributed by atoms with Crippen LogP contribution in [0.3, 0.4) is 0 Å². The summed E-state index contributed by atoms with van der Waals surface area (Å²) in [5, 5.41) is 6.86. The molecule has 2 aromatic heterocycles. The molecule has 1 aliphatic rings. The fourth-order valence-electron chi connectivity index (χ4n) is 4.21. The van der Waals surface area contributed by atoms with E-state index in [1.54, 1.807) is 12.1 Å². The molecule has 4 aromatic rings. The normalized spacial score (nSPS) is 12.2. The van der Waals surface area contributed by atoms with Crippen molar-refractivity contribution in [1.29, 1.82) is 0 Å². The maximum atomic E-state index is 13.3. The van der Waals surface area contributed by atoms with Gasteiger partial charge in [-0.15, -0.1) is 0 Å². The molecule has 0 atom stereocenters. The Morgan fingerprint density at radius 1 is 1.22 bits per heavy atom. The molecule has 0 radical (unpaired) electrons. The standard InChI is InChI=1S/C24H19F2N5O/c1-3-18(32)30-16-7-4-13(5-8-16)21-19-17-9-6-14(22(25)26)10-15(17)11-27-23-20(19)24(31(21)2)29-12-28-23/h3-10,12,22H,1,11H2,2H3,(H,30,32)(H,27,28,29). The Bertz CT molecular complexity index is 1380. The molecule has 160 valence electrons. The van der Waals surface area contributed by atoms with E-state index in [4.69, 9.17) is 0 Å². The second-order valence-electron chi connectivity index (χ2n) is 7.55. The lowest BCUT2D eigenvalue weighted by Gasteiger charge is -2.13. The number of halogens is 2. The van der Waals surface area contributed by atoms with Gasteiger partial charge in [-0.2, -0.15) is 0 Å². The molecule has 1 aliphatic heterocycles. The Morgan fingerprint density at radius 2 is 2.00 bits per heavy atom. The number of fused-ring (bicyclic) bond motifs is 2. The van der Waals surface area contributed by atoms with Crippen LogP contribution < -0.4 is 10.6 Å². The summed E-state index contributed by atoms with van der Waals surface area (Å²) in [6.07, 6.45) is 0.162. The largest absolute Gasteiger partial charge is 0.365 e. The summed E-state index contributed by atoms with van der Waals surface area (Å²) < 4.78 is 28.7. The van der Waals surface area contributed by atoms with E-state index in [1.807, 2.05) is 35.9 Å². The summed E-state index contributed by atoms with van der Waals surface area (Å²) in [6, 6.07) is 12.2. The van der Waals surface area contributed by atoms with Gasteiger partial charge in [0.15, 0.2) is 0 Å². The fraction of sp³-hybridized carbons (Fsp3) is 0.125. The number of aryl methyl sites for hydroxylation is 1. The van der Waals surface area contributed by atoms with E-state index in [0.29, 0.717) is 18.1 Å². The number of alkyl halides is 2. The molecule has 0 bridgehead atoms. The first kappa shape index (κ1) is 19.9. The summed E-state index contributed by atoms with van der Waals surface area (Å²) >= 11 is 0. The molecule has 2 aromatic carbocycles. The maximum absolute atomic E-state index is 13.3. The van der Waals surface area contributed by atoms with Gasteiger partial charge in [-0.1, -0.05) is 30.8 Å². The van der Waals surface area contributed by atoms with Gasteiger partial charge in [0.2, 0.25) is 5.91 Å². The molecule has 0 spiro atoms. The third kappa shape index (κ3) is 3.11. The number of nitrogens with zero attached hydrogens (tertiary/aromatic N) is 3. The molecular weight excluding hydrogens is 412 g/mol. The number of amides is 1. The first-order valence-electron chi connectivity index (χ1n) is 10.0. The lowest BCUT2D eigenvalue weighted by atomic mass is 9.94. The lowest BCUT2D eigenvalue weighted by Crippen LogP contribution is -2.07. The van der Waals surface area contributed by atoms with Crippen molar-refractivity contribution >= 4 is 28.4 Å². The van der Waals surface area contributed by atoms with Crippen molar-refractivity contribution in [2.24, 2.45) is 7.05 Å². The van der Waals surface area contributed by atoms with E-state index in [-0.39, 0.29) is 11.5 Å². The van der Waals surface area contributed by atoms with Crippen molar-refractivity contribution in [2.75, 3.05) is 10.6 Å². The van der Waals surface area contributed by atoms with Crippen LogP contribution in [0.4, 0.5) is 20.3 Å². The quantitative estimate of drug-likeness (QED) is 0.431. The van der Waals surface area contributed by atoms with E-state index in [0.717, 1.165) is 39.0 Å². The summed E-state index contributed by atoms with van der Waals surface area (Å²) in [5.41, 5.74) is 5.67. The van der Waals surface area contributed by atoms with Crippen LogP contribution in [0.5, 0.6) is 0 Å². The zero-order valence-corrected chi connectivity index (χ0v) is 17.2. The average Bonchev–Trinajstić information content (AvgIpc) is 3.00. The number of hydrogen-bond donors (Lipinski definition) is 2. The number of benzene rings is 2. The van der Waals surface area contributed by atoms with Crippen LogP contribution in [-0.2, 0) is 18.4 Å². The van der Waals surface area contributed by atoms with Gasteiger partial charge < -0.3 is 15.2 Å². The minimum absolute atomic E-state index is 0.0152. The van der Waals surface area contributed by atoms with Gasteiger partial charge >= 0.3 is 0 Å². The van der Waals surface area contributed by atoms with Crippen molar-refractivity contribution < 1.29 is 13.6 Å². The Kier molecular flexibility index (Phi) is 4.70. The lowest BCUT2D eigenvalue weighted by molar-refractivity contribution is -0.111. The Balaban J connectivity index is 1.74. The van der Waals surface area contributed by atoms with Crippen LogP contribution in [0, 0.1) is 0 Å². The predicted octanol–water partition coefficient (Wildman–Crippen LogP) is 5.29. The summed E-state index contributed by atoms with van der Waals surface area (Å²) in [7, 11) is 1.92. The minimum atomic E-state index is -2.54. The van der Waals surface area contributed by atoms with Crippen molar-refractivity contribution in [3.63, 3.8) is 0 Å².